The van der Waals surface area contributed by atoms with E-state index in [1.807, 2.05) is 7.11 Å². The zero-order valence-corrected chi connectivity index (χ0v) is 20.3. The highest BCUT2D eigenvalue weighted by molar-refractivity contribution is 5.66. The quantitative estimate of drug-likeness (QED) is 0.181. The van der Waals surface area contributed by atoms with Crippen LogP contribution in [0.25, 0.3) is 0 Å². The minimum Gasteiger partial charge on any atom is -0.481 e. The van der Waals surface area contributed by atoms with Crippen molar-refractivity contribution in [3.05, 3.63) is 0 Å². The van der Waals surface area contributed by atoms with E-state index in [1.165, 1.54) is 44.9 Å². The number of rotatable bonds is 23. The second-order valence-corrected chi connectivity index (χ2v) is 8.64. The van der Waals surface area contributed by atoms with Crippen molar-refractivity contribution in [3.63, 3.8) is 0 Å². The molecule has 0 aromatic heterocycles. The number of carboxylic acids is 1. The van der Waals surface area contributed by atoms with Crippen molar-refractivity contribution < 1.29 is 24.1 Å². The maximum absolute atomic E-state index is 10.6. The fraction of sp³-hybridized carbons (Fsp3) is 0.960. The summed E-state index contributed by atoms with van der Waals surface area (Å²) in [6.07, 6.45) is 19.4. The number of aliphatic carboxylic acids is 1. The van der Waals surface area contributed by atoms with Crippen molar-refractivity contribution in [2.75, 3.05) is 21.3 Å². The third-order valence-electron chi connectivity index (χ3n) is 6.13. The van der Waals surface area contributed by atoms with Crippen molar-refractivity contribution in [3.8, 4) is 0 Å². The lowest BCUT2D eigenvalue weighted by atomic mass is 9.98. The number of hydrogen-bond acceptors (Lipinski definition) is 4. The standard InChI is InChI=1S/C25H50O5/c1-5-6-7-8-9-10-13-16-22(28-2)19-20-24(30-4)21-23(29-3)17-14-11-12-15-18-25(26)27/h22-24H,5-21H2,1-4H3,(H,26,27). The van der Waals surface area contributed by atoms with Crippen LogP contribution in [0.5, 0.6) is 0 Å². The summed E-state index contributed by atoms with van der Waals surface area (Å²) < 4.78 is 17.1. The normalized spacial score (nSPS) is 14.5. The average Bonchev–Trinajstić information content (AvgIpc) is 2.74. The fourth-order valence-corrected chi connectivity index (χ4v) is 4.04. The number of carboxylic acid groups (broad SMARTS) is 1. The summed E-state index contributed by atoms with van der Waals surface area (Å²) >= 11 is 0. The maximum Gasteiger partial charge on any atom is 0.303 e. The molecule has 0 aromatic rings. The molecular weight excluding hydrogens is 380 g/mol. The van der Waals surface area contributed by atoms with Gasteiger partial charge in [0.1, 0.15) is 0 Å². The van der Waals surface area contributed by atoms with Gasteiger partial charge < -0.3 is 19.3 Å². The Morgan fingerprint density at radius 3 is 1.60 bits per heavy atom. The van der Waals surface area contributed by atoms with E-state index in [4.69, 9.17) is 19.3 Å². The van der Waals surface area contributed by atoms with Crippen molar-refractivity contribution in [2.45, 2.75) is 134 Å². The molecule has 30 heavy (non-hydrogen) atoms. The van der Waals surface area contributed by atoms with Gasteiger partial charge in [-0.3, -0.25) is 4.79 Å². The maximum atomic E-state index is 10.6. The van der Waals surface area contributed by atoms with Crippen LogP contribution in [0.3, 0.4) is 0 Å². The Kier molecular flexibility index (Phi) is 21.1. The molecule has 180 valence electrons. The highest BCUT2D eigenvalue weighted by Gasteiger charge is 2.18. The SMILES string of the molecule is CCCCCCCCCC(CCC(CC(CCCCCCC(=O)O)OC)OC)OC. The average molecular weight is 431 g/mol. The van der Waals surface area contributed by atoms with Gasteiger partial charge in [0.2, 0.25) is 0 Å². The number of methoxy groups -OCH3 is 3. The molecule has 0 bridgehead atoms. The lowest BCUT2D eigenvalue weighted by Gasteiger charge is -2.24. The summed E-state index contributed by atoms with van der Waals surface area (Å²) in [6, 6.07) is 0. The minimum atomic E-state index is -0.700. The molecule has 0 rings (SSSR count). The first-order valence-corrected chi connectivity index (χ1v) is 12.4. The van der Waals surface area contributed by atoms with Gasteiger partial charge in [-0.25, -0.2) is 0 Å². The summed E-state index contributed by atoms with van der Waals surface area (Å²) in [5, 5.41) is 8.69. The van der Waals surface area contributed by atoms with Gasteiger partial charge in [0.25, 0.3) is 0 Å². The second-order valence-electron chi connectivity index (χ2n) is 8.64. The van der Waals surface area contributed by atoms with Gasteiger partial charge in [-0.15, -0.1) is 0 Å². The fourth-order valence-electron chi connectivity index (χ4n) is 4.04. The molecule has 3 atom stereocenters. The zero-order valence-electron chi connectivity index (χ0n) is 20.3. The number of ether oxygens (including phenoxy) is 3. The molecule has 5 heteroatoms. The molecule has 0 radical (unpaired) electrons. The molecule has 0 aliphatic heterocycles. The second kappa shape index (κ2) is 21.6. The van der Waals surface area contributed by atoms with E-state index in [0.29, 0.717) is 6.10 Å². The van der Waals surface area contributed by atoms with Crippen molar-refractivity contribution in [2.24, 2.45) is 0 Å². The number of unbranched alkanes of at least 4 members (excludes halogenated alkanes) is 9. The molecule has 0 amide bonds. The van der Waals surface area contributed by atoms with Gasteiger partial charge in [-0.1, -0.05) is 71.1 Å². The first-order valence-electron chi connectivity index (χ1n) is 12.4. The summed E-state index contributed by atoms with van der Waals surface area (Å²) in [5.74, 6) is -0.700. The van der Waals surface area contributed by atoms with Crippen LogP contribution in [0.15, 0.2) is 0 Å². The molecule has 0 aliphatic carbocycles. The Balaban J connectivity index is 3.97. The van der Waals surface area contributed by atoms with Crippen LogP contribution in [-0.2, 0) is 19.0 Å². The largest absolute Gasteiger partial charge is 0.481 e. The van der Waals surface area contributed by atoms with Gasteiger partial charge in [0, 0.05) is 27.8 Å². The van der Waals surface area contributed by atoms with Gasteiger partial charge >= 0.3 is 5.97 Å². The number of hydrogen-bond donors (Lipinski definition) is 1. The smallest absolute Gasteiger partial charge is 0.303 e. The summed E-state index contributed by atoms with van der Waals surface area (Å²) in [6.45, 7) is 2.26. The van der Waals surface area contributed by atoms with E-state index in [-0.39, 0.29) is 18.6 Å². The van der Waals surface area contributed by atoms with E-state index in [2.05, 4.69) is 6.92 Å². The first kappa shape index (κ1) is 29.4. The Hall–Kier alpha value is -0.650. The van der Waals surface area contributed by atoms with E-state index in [0.717, 1.165) is 57.8 Å². The van der Waals surface area contributed by atoms with E-state index in [9.17, 15) is 4.79 Å². The third-order valence-corrected chi connectivity index (χ3v) is 6.13. The summed E-state index contributed by atoms with van der Waals surface area (Å²) in [7, 11) is 5.40. The van der Waals surface area contributed by atoms with Crippen molar-refractivity contribution in [1.29, 1.82) is 0 Å². The van der Waals surface area contributed by atoms with Crippen LogP contribution in [-0.4, -0.2) is 50.7 Å². The molecule has 0 fully saturated rings. The van der Waals surface area contributed by atoms with Crippen LogP contribution in [0.1, 0.15) is 116 Å². The predicted octanol–water partition coefficient (Wildman–Crippen LogP) is 6.77. The van der Waals surface area contributed by atoms with Crippen molar-refractivity contribution in [1.82, 2.24) is 0 Å². The molecule has 0 saturated heterocycles. The molecule has 0 heterocycles. The molecular formula is C25H50O5. The van der Waals surface area contributed by atoms with Gasteiger partial charge in [-0.2, -0.15) is 0 Å². The lowest BCUT2D eigenvalue weighted by Crippen LogP contribution is -2.23. The van der Waals surface area contributed by atoms with Crippen molar-refractivity contribution >= 4 is 5.97 Å². The lowest BCUT2D eigenvalue weighted by molar-refractivity contribution is -0.137. The van der Waals surface area contributed by atoms with Gasteiger partial charge in [-0.05, 0) is 38.5 Å². The Labute approximate surface area is 186 Å². The van der Waals surface area contributed by atoms with E-state index < -0.39 is 5.97 Å². The summed E-state index contributed by atoms with van der Waals surface area (Å²) in [4.78, 5) is 10.6. The molecule has 5 nitrogen and oxygen atoms in total. The molecule has 0 aromatic carbocycles. The third kappa shape index (κ3) is 18.1. The van der Waals surface area contributed by atoms with Crippen LogP contribution >= 0.6 is 0 Å². The minimum absolute atomic E-state index is 0.202. The predicted molar refractivity (Wildman–Crippen MR) is 124 cm³/mol. The molecule has 1 N–H and O–H groups in total. The van der Waals surface area contributed by atoms with Crippen LogP contribution in [0, 0.1) is 0 Å². The topological polar surface area (TPSA) is 65.0 Å². The van der Waals surface area contributed by atoms with Crippen LogP contribution in [0.2, 0.25) is 0 Å². The molecule has 3 unspecified atom stereocenters. The highest BCUT2D eigenvalue weighted by Crippen LogP contribution is 2.20. The molecule has 0 aliphatic rings. The first-order chi connectivity index (χ1) is 14.6. The Morgan fingerprint density at radius 2 is 1.07 bits per heavy atom. The molecule has 0 spiro atoms. The number of carbonyl (C=O) groups is 1. The van der Waals surface area contributed by atoms with Crippen LogP contribution in [0.4, 0.5) is 0 Å². The molecule has 0 saturated carbocycles. The van der Waals surface area contributed by atoms with E-state index in [1.54, 1.807) is 14.2 Å². The monoisotopic (exact) mass is 430 g/mol. The summed E-state index contributed by atoms with van der Waals surface area (Å²) in [5.41, 5.74) is 0. The zero-order chi connectivity index (χ0) is 22.5. The Morgan fingerprint density at radius 1 is 0.633 bits per heavy atom. The van der Waals surface area contributed by atoms with Crippen LogP contribution < -0.4 is 0 Å². The van der Waals surface area contributed by atoms with Gasteiger partial charge in [0.05, 0.1) is 18.3 Å². The van der Waals surface area contributed by atoms with Gasteiger partial charge in [0.15, 0.2) is 0 Å². The van der Waals surface area contributed by atoms with E-state index >= 15 is 0 Å². The highest BCUT2D eigenvalue weighted by atomic mass is 16.5. The Bertz CT molecular complexity index is 375.